The molecule has 0 aliphatic rings. The molecule has 0 atom stereocenters. The normalized spacial score (nSPS) is 11.8. The van der Waals surface area contributed by atoms with Crippen LogP contribution in [0.2, 0.25) is 0 Å². The van der Waals surface area contributed by atoms with E-state index in [-0.39, 0.29) is 5.41 Å². The lowest BCUT2D eigenvalue weighted by Crippen LogP contribution is -2.10. The van der Waals surface area contributed by atoms with Crippen LogP contribution in [-0.4, -0.2) is 5.16 Å². The zero-order valence-electron chi connectivity index (χ0n) is 10.5. The number of nitrogens with zero attached hydrogens (tertiary/aromatic N) is 1. The Hall–Kier alpha value is -1.61. The third-order valence-electron chi connectivity index (χ3n) is 2.81. The SMILES string of the molecule is CC(C)(C)c1ccc(-c2cc(CN)on2)cc1. The number of hydrogen-bond acceptors (Lipinski definition) is 3. The molecule has 1 aromatic carbocycles. The third-order valence-corrected chi connectivity index (χ3v) is 2.81. The van der Waals surface area contributed by atoms with Gasteiger partial charge in [-0.05, 0) is 11.0 Å². The van der Waals surface area contributed by atoms with Crippen LogP contribution in [0.4, 0.5) is 0 Å². The molecular weight excluding hydrogens is 212 g/mol. The van der Waals surface area contributed by atoms with Crippen molar-refractivity contribution in [1.29, 1.82) is 0 Å². The van der Waals surface area contributed by atoms with Crippen LogP contribution in [-0.2, 0) is 12.0 Å². The first-order valence-electron chi connectivity index (χ1n) is 5.77. The molecule has 0 fully saturated rings. The largest absolute Gasteiger partial charge is 0.359 e. The van der Waals surface area contributed by atoms with Gasteiger partial charge in [0.15, 0.2) is 5.76 Å². The lowest BCUT2D eigenvalue weighted by molar-refractivity contribution is 0.387. The first kappa shape index (κ1) is 11.9. The van der Waals surface area contributed by atoms with Crippen molar-refractivity contribution in [3.05, 3.63) is 41.7 Å². The van der Waals surface area contributed by atoms with E-state index in [0.29, 0.717) is 12.3 Å². The predicted molar refractivity (Wildman–Crippen MR) is 68.5 cm³/mol. The van der Waals surface area contributed by atoms with Crippen molar-refractivity contribution in [3.63, 3.8) is 0 Å². The molecule has 17 heavy (non-hydrogen) atoms. The van der Waals surface area contributed by atoms with Gasteiger partial charge in [-0.15, -0.1) is 0 Å². The smallest absolute Gasteiger partial charge is 0.150 e. The van der Waals surface area contributed by atoms with Gasteiger partial charge in [0.05, 0.1) is 6.54 Å². The van der Waals surface area contributed by atoms with Gasteiger partial charge in [0.2, 0.25) is 0 Å². The van der Waals surface area contributed by atoms with E-state index in [1.54, 1.807) is 0 Å². The average molecular weight is 230 g/mol. The minimum absolute atomic E-state index is 0.171. The van der Waals surface area contributed by atoms with Crippen LogP contribution in [0.25, 0.3) is 11.3 Å². The van der Waals surface area contributed by atoms with Crippen molar-refractivity contribution >= 4 is 0 Å². The minimum Gasteiger partial charge on any atom is -0.359 e. The average Bonchev–Trinajstić information content (AvgIpc) is 2.76. The van der Waals surface area contributed by atoms with Gasteiger partial charge in [-0.1, -0.05) is 50.2 Å². The highest BCUT2D eigenvalue weighted by molar-refractivity contribution is 5.59. The fraction of sp³-hybridized carbons (Fsp3) is 0.357. The third kappa shape index (κ3) is 2.56. The van der Waals surface area contributed by atoms with E-state index in [1.807, 2.05) is 6.07 Å². The quantitative estimate of drug-likeness (QED) is 0.862. The number of hydrogen-bond donors (Lipinski definition) is 1. The minimum atomic E-state index is 0.171. The van der Waals surface area contributed by atoms with Gasteiger partial charge in [-0.25, -0.2) is 0 Å². The van der Waals surface area contributed by atoms with Crippen molar-refractivity contribution in [2.75, 3.05) is 0 Å². The van der Waals surface area contributed by atoms with Gasteiger partial charge in [-0.2, -0.15) is 0 Å². The van der Waals surface area contributed by atoms with Gasteiger partial charge in [0.1, 0.15) is 5.69 Å². The van der Waals surface area contributed by atoms with Gasteiger partial charge in [-0.3, -0.25) is 0 Å². The number of aromatic nitrogens is 1. The molecule has 2 N–H and O–H groups in total. The summed E-state index contributed by atoms with van der Waals surface area (Å²) in [6.45, 7) is 6.98. The molecule has 0 spiro atoms. The molecular formula is C14H18N2O. The van der Waals surface area contributed by atoms with Crippen LogP contribution in [0, 0.1) is 0 Å². The molecule has 0 unspecified atom stereocenters. The lowest BCUT2D eigenvalue weighted by Gasteiger charge is -2.18. The molecule has 90 valence electrons. The molecule has 0 aliphatic heterocycles. The second-order valence-corrected chi connectivity index (χ2v) is 5.21. The predicted octanol–water partition coefficient (Wildman–Crippen LogP) is 3.10. The Bertz CT molecular complexity index is 492. The second kappa shape index (κ2) is 4.34. The van der Waals surface area contributed by atoms with Crippen molar-refractivity contribution in [2.45, 2.75) is 32.7 Å². The van der Waals surface area contributed by atoms with Gasteiger partial charge in [0, 0.05) is 11.6 Å². The van der Waals surface area contributed by atoms with Crippen molar-refractivity contribution in [3.8, 4) is 11.3 Å². The molecule has 0 radical (unpaired) electrons. The maximum atomic E-state index is 5.49. The first-order chi connectivity index (χ1) is 8.00. The van der Waals surface area contributed by atoms with E-state index < -0.39 is 0 Å². The van der Waals surface area contributed by atoms with Crippen molar-refractivity contribution in [2.24, 2.45) is 5.73 Å². The molecule has 1 aromatic heterocycles. The Balaban J connectivity index is 2.29. The zero-order valence-corrected chi connectivity index (χ0v) is 10.5. The highest BCUT2D eigenvalue weighted by atomic mass is 16.5. The Labute approximate surface area is 102 Å². The number of benzene rings is 1. The van der Waals surface area contributed by atoms with Gasteiger partial charge >= 0.3 is 0 Å². The summed E-state index contributed by atoms with van der Waals surface area (Å²) in [4.78, 5) is 0. The Kier molecular flexibility index (Phi) is 3.03. The van der Waals surface area contributed by atoms with E-state index >= 15 is 0 Å². The van der Waals surface area contributed by atoms with Crippen LogP contribution in [0.3, 0.4) is 0 Å². The molecule has 3 nitrogen and oxygen atoms in total. The van der Waals surface area contributed by atoms with Gasteiger partial charge < -0.3 is 10.3 Å². The van der Waals surface area contributed by atoms with Crippen LogP contribution >= 0.6 is 0 Å². The number of nitrogens with two attached hydrogens (primary N) is 1. The highest BCUT2D eigenvalue weighted by Crippen LogP contribution is 2.25. The Morgan fingerprint density at radius 2 is 1.82 bits per heavy atom. The summed E-state index contributed by atoms with van der Waals surface area (Å²) in [6.07, 6.45) is 0. The topological polar surface area (TPSA) is 52.0 Å². The molecule has 0 bridgehead atoms. The molecule has 0 saturated heterocycles. The van der Waals surface area contributed by atoms with Crippen LogP contribution in [0.15, 0.2) is 34.9 Å². The molecule has 0 amide bonds. The van der Waals surface area contributed by atoms with Crippen molar-refractivity contribution in [1.82, 2.24) is 5.16 Å². The molecule has 3 heteroatoms. The van der Waals surface area contributed by atoms with E-state index in [1.165, 1.54) is 5.56 Å². The fourth-order valence-corrected chi connectivity index (χ4v) is 1.69. The first-order valence-corrected chi connectivity index (χ1v) is 5.77. The van der Waals surface area contributed by atoms with E-state index in [4.69, 9.17) is 10.3 Å². The standard InChI is InChI=1S/C14H18N2O/c1-14(2,3)11-6-4-10(5-7-11)13-8-12(9-15)17-16-13/h4-8H,9,15H2,1-3H3. The number of rotatable bonds is 2. The summed E-state index contributed by atoms with van der Waals surface area (Å²) < 4.78 is 5.09. The van der Waals surface area contributed by atoms with E-state index in [2.05, 4.69) is 50.2 Å². The van der Waals surface area contributed by atoms with Gasteiger partial charge in [0.25, 0.3) is 0 Å². The highest BCUT2D eigenvalue weighted by Gasteiger charge is 2.13. The summed E-state index contributed by atoms with van der Waals surface area (Å²) in [7, 11) is 0. The Morgan fingerprint density at radius 3 is 2.29 bits per heavy atom. The zero-order chi connectivity index (χ0) is 12.5. The maximum Gasteiger partial charge on any atom is 0.150 e. The second-order valence-electron chi connectivity index (χ2n) is 5.21. The lowest BCUT2D eigenvalue weighted by atomic mass is 9.86. The van der Waals surface area contributed by atoms with Crippen LogP contribution in [0.5, 0.6) is 0 Å². The Morgan fingerprint density at radius 1 is 1.18 bits per heavy atom. The summed E-state index contributed by atoms with van der Waals surface area (Å²) >= 11 is 0. The summed E-state index contributed by atoms with van der Waals surface area (Å²) in [5.41, 5.74) is 8.86. The van der Waals surface area contributed by atoms with Crippen LogP contribution < -0.4 is 5.73 Å². The summed E-state index contributed by atoms with van der Waals surface area (Å²) in [6, 6.07) is 10.3. The molecule has 0 saturated carbocycles. The fourth-order valence-electron chi connectivity index (χ4n) is 1.69. The summed E-state index contributed by atoms with van der Waals surface area (Å²) in [5.74, 6) is 0.708. The molecule has 2 aromatic rings. The van der Waals surface area contributed by atoms with E-state index in [0.717, 1.165) is 11.3 Å². The van der Waals surface area contributed by atoms with E-state index in [9.17, 15) is 0 Å². The summed E-state index contributed by atoms with van der Waals surface area (Å²) in [5, 5.41) is 3.99. The maximum absolute atomic E-state index is 5.49. The molecule has 1 heterocycles. The van der Waals surface area contributed by atoms with Crippen LogP contribution in [0.1, 0.15) is 32.1 Å². The monoisotopic (exact) mass is 230 g/mol. The van der Waals surface area contributed by atoms with Crippen molar-refractivity contribution < 1.29 is 4.52 Å². The molecule has 0 aliphatic carbocycles. The molecule has 2 rings (SSSR count).